The molecule has 1 aromatic rings. The molecule has 17 heavy (non-hydrogen) atoms. The summed E-state index contributed by atoms with van der Waals surface area (Å²) in [6, 6.07) is 5.77. The lowest BCUT2D eigenvalue weighted by Crippen LogP contribution is -2.10. The monoisotopic (exact) mass is 237 g/mol. The predicted molar refractivity (Wildman–Crippen MR) is 71.4 cm³/mol. The summed E-state index contributed by atoms with van der Waals surface area (Å²) in [4.78, 5) is 0. The first-order valence-electron chi connectivity index (χ1n) is 6.17. The second-order valence-electron chi connectivity index (χ2n) is 4.64. The zero-order valence-corrected chi connectivity index (χ0v) is 11.0. The van der Waals surface area contributed by atoms with Crippen LogP contribution in [0.2, 0.25) is 0 Å². The van der Waals surface area contributed by atoms with E-state index in [2.05, 4.69) is 13.8 Å². The van der Waals surface area contributed by atoms with Crippen molar-refractivity contribution >= 4 is 5.69 Å². The molecule has 0 atom stereocenters. The Morgan fingerprint density at radius 2 is 1.94 bits per heavy atom. The van der Waals surface area contributed by atoms with Crippen LogP contribution in [0.15, 0.2) is 18.2 Å². The smallest absolute Gasteiger partial charge is 0.145 e. The van der Waals surface area contributed by atoms with Gasteiger partial charge in [-0.1, -0.05) is 26.0 Å². The molecule has 0 bridgehead atoms. The predicted octanol–water partition coefficient (Wildman–Crippen LogP) is 3.02. The largest absolute Gasteiger partial charge is 0.489 e. The Bertz CT molecular complexity index is 317. The minimum absolute atomic E-state index is 0.549. The molecular weight excluding hydrogens is 214 g/mol. The van der Waals surface area contributed by atoms with Gasteiger partial charge >= 0.3 is 0 Å². The molecule has 2 N–H and O–H groups in total. The molecule has 0 aromatic heterocycles. The number of nitrogens with two attached hydrogens (primary N) is 1. The van der Waals surface area contributed by atoms with Gasteiger partial charge in [0.15, 0.2) is 0 Å². The van der Waals surface area contributed by atoms with Gasteiger partial charge in [0.2, 0.25) is 0 Å². The lowest BCUT2D eigenvalue weighted by atomic mass is 10.1. The third-order valence-corrected chi connectivity index (χ3v) is 2.56. The number of anilines is 1. The molecule has 1 rings (SSSR count). The normalized spacial score (nSPS) is 10.8. The minimum atomic E-state index is 0.549. The van der Waals surface area contributed by atoms with E-state index >= 15 is 0 Å². The number of rotatable bonds is 7. The number of para-hydroxylation sites is 1. The average molecular weight is 237 g/mol. The number of hydrogen-bond acceptors (Lipinski definition) is 3. The molecule has 0 aliphatic carbocycles. The van der Waals surface area contributed by atoms with Crippen LogP contribution in [0.3, 0.4) is 0 Å². The number of hydrogen-bond donors (Lipinski definition) is 1. The van der Waals surface area contributed by atoms with Gasteiger partial charge in [-0.15, -0.1) is 0 Å². The van der Waals surface area contributed by atoms with Crippen LogP contribution in [0, 0.1) is 12.8 Å². The first kappa shape index (κ1) is 13.8. The fourth-order valence-electron chi connectivity index (χ4n) is 1.50. The highest BCUT2D eigenvalue weighted by Gasteiger charge is 2.03. The molecule has 96 valence electrons. The van der Waals surface area contributed by atoms with Crippen LogP contribution in [0.4, 0.5) is 5.69 Å². The van der Waals surface area contributed by atoms with E-state index in [-0.39, 0.29) is 0 Å². The van der Waals surface area contributed by atoms with E-state index in [0.29, 0.717) is 24.8 Å². The molecule has 0 unspecified atom stereocenters. The van der Waals surface area contributed by atoms with Gasteiger partial charge in [-0.3, -0.25) is 0 Å². The molecule has 0 spiro atoms. The van der Waals surface area contributed by atoms with E-state index in [9.17, 15) is 0 Å². The molecule has 0 fully saturated rings. The second kappa shape index (κ2) is 7.17. The van der Waals surface area contributed by atoms with Crippen LogP contribution in [-0.2, 0) is 4.74 Å². The fraction of sp³-hybridized carbons (Fsp3) is 0.571. The van der Waals surface area contributed by atoms with Crippen molar-refractivity contribution in [2.75, 3.05) is 25.6 Å². The van der Waals surface area contributed by atoms with Gasteiger partial charge in [0, 0.05) is 6.61 Å². The van der Waals surface area contributed by atoms with Gasteiger partial charge in [0.1, 0.15) is 12.4 Å². The van der Waals surface area contributed by atoms with Gasteiger partial charge in [-0.25, -0.2) is 0 Å². The number of aryl methyl sites for hydroxylation is 1. The van der Waals surface area contributed by atoms with Crippen molar-refractivity contribution in [3.8, 4) is 5.75 Å². The van der Waals surface area contributed by atoms with Crippen molar-refractivity contribution in [2.24, 2.45) is 5.92 Å². The van der Waals surface area contributed by atoms with Crippen molar-refractivity contribution in [3.05, 3.63) is 23.8 Å². The minimum Gasteiger partial charge on any atom is -0.489 e. The Labute approximate surface area is 104 Å². The Balaban J connectivity index is 2.22. The maximum absolute atomic E-state index is 5.84. The van der Waals surface area contributed by atoms with Gasteiger partial charge in [0.05, 0.1) is 12.3 Å². The molecule has 1 aromatic carbocycles. The lowest BCUT2D eigenvalue weighted by Gasteiger charge is -2.12. The Morgan fingerprint density at radius 1 is 1.18 bits per heavy atom. The van der Waals surface area contributed by atoms with E-state index < -0.39 is 0 Å². The Morgan fingerprint density at radius 3 is 2.59 bits per heavy atom. The van der Waals surface area contributed by atoms with E-state index in [1.807, 2.05) is 25.1 Å². The van der Waals surface area contributed by atoms with E-state index in [1.165, 1.54) is 0 Å². The zero-order valence-electron chi connectivity index (χ0n) is 11.0. The lowest BCUT2D eigenvalue weighted by molar-refractivity contribution is 0.0926. The van der Waals surface area contributed by atoms with Gasteiger partial charge in [-0.2, -0.15) is 0 Å². The molecule has 0 heterocycles. The van der Waals surface area contributed by atoms with Crippen molar-refractivity contribution in [1.82, 2.24) is 0 Å². The van der Waals surface area contributed by atoms with E-state index in [1.54, 1.807) is 0 Å². The standard InChI is InChI=1S/C14H23NO2/c1-11(2)7-8-16-9-10-17-14-12(3)5-4-6-13(14)15/h4-6,11H,7-10,15H2,1-3H3. The molecule has 0 saturated carbocycles. The Hall–Kier alpha value is -1.22. The van der Waals surface area contributed by atoms with Gasteiger partial charge < -0.3 is 15.2 Å². The summed E-state index contributed by atoms with van der Waals surface area (Å²) in [6.07, 6.45) is 1.09. The Kier molecular flexibility index (Phi) is 5.84. The second-order valence-corrected chi connectivity index (χ2v) is 4.64. The molecule has 0 amide bonds. The van der Waals surface area contributed by atoms with Crippen LogP contribution >= 0.6 is 0 Å². The van der Waals surface area contributed by atoms with Crippen LogP contribution in [0.5, 0.6) is 5.75 Å². The summed E-state index contributed by atoms with van der Waals surface area (Å²) in [7, 11) is 0. The van der Waals surface area contributed by atoms with Gasteiger partial charge in [0.25, 0.3) is 0 Å². The van der Waals surface area contributed by atoms with Crippen molar-refractivity contribution in [2.45, 2.75) is 27.2 Å². The third-order valence-electron chi connectivity index (χ3n) is 2.56. The molecular formula is C14H23NO2. The molecule has 0 aliphatic rings. The van der Waals surface area contributed by atoms with E-state index in [0.717, 1.165) is 24.3 Å². The quantitative estimate of drug-likeness (QED) is 0.585. The molecule has 3 heteroatoms. The number of ether oxygens (including phenoxy) is 2. The maximum Gasteiger partial charge on any atom is 0.145 e. The van der Waals surface area contributed by atoms with Crippen LogP contribution in [0.25, 0.3) is 0 Å². The average Bonchev–Trinajstić information content (AvgIpc) is 2.26. The van der Waals surface area contributed by atoms with Crippen LogP contribution < -0.4 is 10.5 Å². The third kappa shape index (κ3) is 5.09. The first-order chi connectivity index (χ1) is 8.11. The van der Waals surface area contributed by atoms with Crippen LogP contribution in [-0.4, -0.2) is 19.8 Å². The fourth-order valence-corrected chi connectivity index (χ4v) is 1.50. The summed E-state index contributed by atoms with van der Waals surface area (Å²) in [5.74, 6) is 1.46. The highest BCUT2D eigenvalue weighted by Crippen LogP contribution is 2.25. The highest BCUT2D eigenvalue weighted by atomic mass is 16.5. The molecule has 0 aliphatic heterocycles. The summed E-state index contributed by atoms with van der Waals surface area (Å²) >= 11 is 0. The maximum atomic E-state index is 5.84. The molecule has 0 saturated heterocycles. The zero-order chi connectivity index (χ0) is 12.7. The summed E-state index contributed by atoms with van der Waals surface area (Å²) < 4.78 is 11.1. The number of nitrogen functional groups attached to an aromatic ring is 1. The van der Waals surface area contributed by atoms with E-state index in [4.69, 9.17) is 15.2 Å². The summed E-state index contributed by atoms with van der Waals surface area (Å²) in [5.41, 5.74) is 7.59. The van der Waals surface area contributed by atoms with Crippen LogP contribution in [0.1, 0.15) is 25.8 Å². The first-order valence-corrected chi connectivity index (χ1v) is 6.17. The van der Waals surface area contributed by atoms with Crippen molar-refractivity contribution in [1.29, 1.82) is 0 Å². The number of benzene rings is 1. The summed E-state index contributed by atoms with van der Waals surface area (Å²) in [5, 5.41) is 0. The molecule has 0 radical (unpaired) electrons. The van der Waals surface area contributed by atoms with Gasteiger partial charge in [-0.05, 0) is 30.9 Å². The highest BCUT2D eigenvalue weighted by molar-refractivity contribution is 5.56. The van der Waals surface area contributed by atoms with Crippen molar-refractivity contribution < 1.29 is 9.47 Å². The molecule has 3 nitrogen and oxygen atoms in total. The topological polar surface area (TPSA) is 44.5 Å². The van der Waals surface area contributed by atoms with Crippen molar-refractivity contribution in [3.63, 3.8) is 0 Å². The summed E-state index contributed by atoms with van der Waals surface area (Å²) in [6.45, 7) is 8.32. The SMILES string of the molecule is Cc1cccc(N)c1OCCOCCC(C)C.